The van der Waals surface area contributed by atoms with Gasteiger partial charge in [0.05, 0.1) is 17.9 Å². The summed E-state index contributed by atoms with van der Waals surface area (Å²) in [5, 5.41) is 2.72. The number of benzene rings is 1. The van der Waals surface area contributed by atoms with Crippen LogP contribution in [-0.2, 0) is 11.3 Å². The van der Waals surface area contributed by atoms with Crippen LogP contribution in [0.1, 0.15) is 27.9 Å². The van der Waals surface area contributed by atoms with E-state index in [4.69, 9.17) is 4.74 Å². The minimum Gasteiger partial charge on any atom is -0.444 e. The fourth-order valence-corrected chi connectivity index (χ4v) is 2.58. The first-order chi connectivity index (χ1) is 12.9. The first-order valence-corrected chi connectivity index (χ1v) is 8.84. The van der Waals surface area contributed by atoms with Gasteiger partial charge in [0, 0.05) is 24.9 Å². The molecule has 0 aliphatic carbocycles. The van der Waals surface area contributed by atoms with Gasteiger partial charge in [0.25, 0.3) is 0 Å². The third-order valence-electron chi connectivity index (χ3n) is 3.80. The van der Waals surface area contributed by atoms with Gasteiger partial charge in [-0.25, -0.2) is 4.79 Å². The van der Waals surface area contributed by atoms with Gasteiger partial charge >= 0.3 is 6.09 Å². The number of pyridine rings is 2. The van der Waals surface area contributed by atoms with Gasteiger partial charge in [0.2, 0.25) is 0 Å². The molecular weight excluding hydrogens is 338 g/mol. The lowest BCUT2D eigenvalue weighted by Crippen LogP contribution is -2.32. The Bertz CT molecular complexity index is 907. The second kappa shape index (κ2) is 7.99. The lowest BCUT2D eigenvalue weighted by molar-refractivity contribution is 0.0523. The highest BCUT2D eigenvalue weighted by Gasteiger charge is 2.15. The number of carbonyl (C=O) groups is 1. The molecule has 2 heterocycles. The van der Waals surface area contributed by atoms with Crippen LogP contribution in [0.2, 0.25) is 0 Å². The van der Waals surface area contributed by atoms with Gasteiger partial charge in [-0.15, -0.1) is 0 Å². The molecular formula is C22H25N3O2. The predicted molar refractivity (Wildman–Crippen MR) is 108 cm³/mol. The number of hydrogen-bond acceptors (Lipinski definition) is 4. The fourth-order valence-electron chi connectivity index (χ4n) is 2.58. The van der Waals surface area contributed by atoms with E-state index in [2.05, 4.69) is 33.5 Å². The summed E-state index contributed by atoms with van der Waals surface area (Å²) in [6.45, 7) is 5.79. The van der Waals surface area contributed by atoms with Gasteiger partial charge in [-0.3, -0.25) is 9.97 Å². The molecule has 0 bridgehead atoms. The number of carbonyl (C=O) groups excluding carboxylic acids is 1. The Morgan fingerprint density at radius 1 is 1.00 bits per heavy atom. The molecule has 0 unspecified atom stereocenters. The molecule has 0 aliphatic rings. The lowest BCUT2D eigenvalue weighted by atomic mass is 10.1. The maximum atomic E-state index is 11.8. The highest BCUT2D eigenvalue weighted by atomic mass is 16.6. The van der Waals surface area contributed by atoms with E-state index in [-0.39, 0.29) is 1.43 Å². The van der Waals surface area contributed by atoms with E-state index in [0.717, 1.165) is 28.1 Å². The minimum absolute atomic E-state index is 0. The van der Waals surface area contributed by atoms with Crippen molar-refractivity contribution in [2.75, 3.05) is 0 Å². The van der Waals surface area contributed by atoms with Gasteiger partial charge in [0.15, 0.2) is 0 Å². The van der Waals surface area contributed by atoms with E-state index in [1.54, 1.807) is 6.20 Å². The maximum Gasteiger partial charge on any atom is 0.407 e. The molecule has 2 aromatic heterocycles. The largest absolute Gasteiger partial charge is 0.444 e. The van der Waals surface area contributed by atoms with Crippen molar-refractivity contribution in [1.82, 2.24) is 15.3 Å². The number of hydrogen-bond donors (Lipinski definition) is 1. The molecule has 3 aromatic rings. The molecule has 1 amide bonds. The van der Waals surface area contributed by atoms with Gasteiger partial charge in [-0.1, -0.05) is 36.4 Å². The molecule has 0 fully saturated rings. The summed E-state index contributed by atoms with van der Waals surface area (Å²) in [6.07, 6.45) is 3.12. The van der Waals surface area contributed by atoms with Gasteiger partial charge < -0.3 is 10.1 Å². The normalized spacial score (nSPS) is 11.1. The smallest absolute Gasteiger partial charge is 0.407 e. The van der Waals surface area contributed by atoms with Crippen LogP contribution in [-0.4, -0.2) is 21.7 Å². The SMILES string of the molecule is CC(C)(C)OC(=O)NCc1cc(-c2ccc(-c3ccccc3)cn2)ccn1.[HH]. The topological polar surface area (TPSA) is 64.1 Å². The predicted octanol–water partition coefficient (Wildman–Crippen LogP) is 5.08. The fraction of sp³-hybridized carbons (Fsp3) is 0.227. The number of nitrogens with one attached hydrogen (secondary N) is 1. The number of amides is 1. The van der Waals surface area contributed by atoms with Crippen molar-refractivity contribution in [2.24, 2.45) is 0 Å². The summed E-state index contributed by atoms with van der Waals surface area (Å²) >= 11 is 0. The monoisotopic (exact) mass is 363 g/mol. The van der Waals surface area contributed by atoms with Crippen molar-refractivity contribution < 1.29 is 11.0 Å². The molecule has 5 heteroatoms. The number of nitrogens with zero attached hydrogens (tertiary/aromatic N) is 2. The summed E-state index contributed by atoms with van der Waals surface area (Å²) in [6, 6.07) is 18.0. The number of aromatic nitrogens is 2. The first-order valence-electron chi connectivity index (χ1n) is 8.84. The molecule has 0 atom stereocenters. The van der Waals surface area contributed by atoms with Crippen LogP contribution in [0.4, 0.5) is 4.79 Å². The van der Waals surface area contributed by atoms with E-state index < -0.39 is 11.7 Å². The Labute approximate surface area is 160 Å². The molecule has 1 N–H and O–H groups in total. The quantitative estimate of drug-likeness (QED) is 0.702. The van der Waals surface area contributed by atoms with Crippen LogP contribution in [0.5, 0.6) is 0 Å². The summed E-state index contributed by atoms with van der Waals surface area (Å²) < 4.78 is 5.24. The number of rotatable bonds is 4. The summed E-state index contributed by atoms with van der Waals surface area (Å²) in [4.78, 5) is 20.7. The average Bonchev–Trinajstić information content (AvgIpc) is 2.66. The number of alkyl carbamates (subject to hydrolysis) is 1. The molecule has 0 aliphatic heterocycles. The lowest BCUT2D eigenvalue weighted by Gasteiger charge is -2.19. The second-order valence-electron chi connectivity index (χ2n) is 7.19. The van der Waals surface area contributed by atoms with Crippen molar-refractivity contribution in [3.05, 3.63) is 72.7 Å². The maximum absolute atomic E-state index is 11.8. The van der Waals surface area contributed by atoms with Crippen LogP contribution in [0, 0.1) is 0 Å². The Balaban J connectivity index is 0.00000280. The summed E-state index contributed by atoms with van der Waals surface area (Å²) in [5.41, 5.74) is 4.23. The average molecular weight is 363 g/mol. The van der Waals surface area contributed by atoms with Crippen molar-refractivity contribution >= 4 is 6.09 Å². The zero-order valence-electron chi connectivity index (χ0n) is 15.8. The van der Waals surface area contributed by atoms with E-state index in [1.807, 2.05) is 63.4 Å². The molecule has 0 saturated carbocycles. The standard InChI is InChI=1S/C22H23N3O2.H2/c1-22(2,3)27-21(26)25-15-19-13-17(11-12-23-19)20-10-9-18(14-24-20)16-7-5-4-6-8-16;/h4-14H,15H2,1-3H3,(H,25,26);1H. The van der Waals surface area contributed by atoms with Crippen molar-refractivity contribution in [3.8, 4) is 22.4 Å². The van der Waals surface area contributed by atoms with Crippen LogP contribution in [0.25, 0.3) is 22.4 Å². The summed E-state index contributed by atoms with van der Waals surface area (Å²) in [5.74, 6) is 0. The molecule has 1 aromatic carbocycles. The molecule has 0 spiro atoms. The van der Waals surface area contributed by atoms with Crippen LogP contribution < -0.4 is 5.32 Å². The minimum atomic E-state index is -0.524. The van der Waals surface area contributed by atoms with Gasteiger partial charge in [0.1, 0.15) is 5.60 Å². The van der Waals surface area contributed by atoms with Crippen LogP contribution in [0.15, 0.2) is 67.0 Å². The molecule has 140 valence electrons. The molecule has 3 rings (SSSR count). The molecule has 5 nitrogen and oxygen atoms in total. The molecule has 27 heavy (non-hydrogen) atoms. The molecule has 0 saturated heterocycles. The van der Waals surface area contributed by atoms with Gasteiger partial charge in [-0.2, -0.15) is 0 Å². The van der Waals surface area contributed by atoms with E-state index in [0.29, 0.717) is 6.54 Å². The third kappa shape index (κ3) is 5.38. The van der Waals surface area contributed by atoms with Crippen molar-refractivity contribution in [3.63, 3.8) is 0 Å². The van der Waals surface area contributed by atoms with Crippen molar-refractivity contribution in [1.29, 1.82) is 0 Å². The van der Waals surface area contributed by atoms with E-state index in [1.165, 1.54) is 0 Å². The van der Waals surface area contributed by atoms with E-state index in [9.17, 15) is 4.79 Å². The molecule has 0 radical (unpaired) electrons. The first kappa shape index (κ1) is 18.6. The van der Waals surface area contributed by atoms with Crippen LogP contribution >= 0.6 is 0 Å². The van der Waals surface area contributed by atoms with E-state index >= 15 is 0 Å². The Morgan fingerprint density at radius 2 is 1.78 bits per heavy atom. The second-order valence-corrected chi connectivity index (χ2v) is 7.19. The highest BCUT2D eigenvalue weighted by molar-refractivity contribution is 5.68. The number of ether oxygens (including phenoxy) is 1. The Kier molecular flexibility index (Phi) is 5.50. The zero-order chi connectivity index (χ0) is 19.3. The Morgan fingerprint density at radius 3 is 2.44 bits per heavy atom. The summed E-state index contributed by atoms with van der Waals surface area (Å²) in [7, 11) is 0. The third-order valence-corrected chi connectivity index (χ3v) is 3.80. The Hall–Kier alpha value is -3.21. The van der Waals surface area contributed by atoms with Gasteiger partial charge in [-0.05, 0) is 44.5 Å². The van der Waals surface area contributed by atoms with Crippen LogP contribution in [0.3, 0.4) is 0 Å². The highest BCUT2D eigenvalue weighted by Crippen LogP contribution is 2.22. The van der Waals surface area contributed by atoms with Crippen molar-refractivity contribution in [2.45, 2.75) is 32.9 Å². The zero-order valence-corrected chi connectivity index (χ0v) is 15.8.